The maximum absolute atomic E-state index is 12.1. The minimum absolute atomic E-state index is 0.0568. The number of rotatable bonds is 6. The summed E-state index contributed by atoms with van der Waals surface area (Å²) >= 11 is 0. The third-order valence-electron chi connectivity index (χ3n) is 3.12. The van der Waals surface area contributed by atoms with Crippen LogP contribution >= 0.6 is 0 Å². The number of hydrogen-bond donors (Lipinski definition) is 3. The van der Waals surface area contributed by atoms with Crippen molar-refractivity contribution >= 4 is 23.6 Å². The number of aliphatic imine (C=N–C) groups is 1. The highest BCUT2D eigenvalue weighted by Crippen LogP contribution is 2.17. The number of aryl methyl sites for hydroxylation is 1. The highest BCUT2D eigenvalue weighted by atomic mass is 16.5. The maximum atomic E-state index is 12.1. The van der Waals surface area contributed by atoms with Crippen LogP contribution in [0.5, 0.6) is 5.75 Å². The number of nitrogens with two attached hydrogens (primary N) is 2. The fraction of sp³-hybridized carbons (Fsp3) is 0.118. The fourth-order valence-electron chi connectivity index (χ4n) is 1.96. The van der Waals surface area contributed by atoms with Gasteiger partial charge in [0.1, 0.15) is 5.75 Å². The average Bonchev–Trinajstić information content (AvgIpc) is 2.54. The van der Waals surface area contributed by atoms with Gasteiger partial charge in [-0.3, -0.25) is 4.79 Å². The van der Waals surface area contributed by atoms with Gasteiger partial charge in [-0.15, -0.1) is 0 Å². The summed E-state index contributed by atoms with van der Waals surface area (Å²) in [6.45, 7) is 0. The second-order valence-corrected chi connectivity index (χ2v) is 5.01. The minimum Gasteiger partial charge on any atom is -0.481 e. The zero-order valence-electron chi connectivity index (χ0n) is 12.8. The number of carbonyl (C=O) groups is 2. The molecule has 7 heteroatoms. The van der Waals surface area contributed by atoms with Crippen LogP contribution in [-0.2, 0) is 11.2 Å². The van der Waals surface area contributed by atoms with Crippen LogP contribution in [0.1, 0.15) is 22.3 Å². The Labute approximate surface area is 138 Å². The van der Waals surface area contributed by atoms with E-state index in [9.17, 15) is 9.59 Å². The van der Waals surface area contributed by atoms with Gasteiger partial charge >= 0.3 is 11.9 Å². The Hall–Kier alpha value is -3.35. The number of carboxylic acid groups (broad SMARTS) is 1. The number of aliphatic carboxylic acids is 1. The van der Waals surface area contributed by atoms with Gasteiger partial charge in [-0.2, -0.15) is 0 Å². The molecule has 2 rings (SSSR count). The lowest BCUT2D eigenvalue weighted by Crippen LogP contribution is -2.21. The molecule has 0 bridgehead atoms. The maximum Gasteiger partial charge on any atom is 0.343 e. The molecule has 5 N–H and O–H groups in total. The summed E-state index contributed by atoms with van der Waals surface area (Å²) in [5, 5.41) is 8.65. The molecule has 0 heterocycles. The van der Waals surface area contributed by atoms with E-state index in [2.05, 4.69) is 4.99 Å². The molecule has 7 nitrogen and oxygen atoms in total. The van der Waals surface area contributed by atoms with Gasteiger partial charge in [0.15, 0.2) is 5.96 Å². The summed E-state index contributed by atoms with van der Waals surface area (Å²) in [5.41, 5.74) is 12.3. The van der Waals surface area contributed by atoms with Crippen LogP contribution in [0.15, 0.2) is 53.5 Å². The SMILES string of the molecule is NC(N)=Nc1ccc(C(=O)Oc2ccc(CCC(=O)O)cc2)cc1. The Balaban J connectivity index is 1.98. The van der Waals surface area contributed by atoms with Crippen LogP contribution in [-0.4, -0.2) is 23.0 Å². The topological polar surface area (TPSA) is 128 Å². The molecule has 0 amide bonds. The molecular weight excluding hydrogens is 310 g/mol. The first-order valence-electron chi connectivity index (χ1n) is 7.16. The van der Waals surface area contributed by atoms with Gasteiger partial charge in [-0.25, -0.2) is 9.79 Å². The van der Waals surface area contributed by atoms with Gasteiger partial charge in [0, 0.05) is 6.42 Å². The highest BCUT2D eigenvalue weighted by Gasteiger charge is 2.09. The van der Waals surface area contributed by atoms with Crippen molar-refractivity contribution in [3.8, 4) is 5.75 Å². The van der Waals surface area contributed by atoms with Crippen molar-refractivity contribution in [2.45, 2.75) is 12.8 Å². The summed E-state index contributed by atoms with van der Waals surface area (Å²) < 4.78 is 5.26. The van der Waals surface area contributed by atoms with Crippen molar-refractivity contribution in [3.63, 3.8) is 0 Å². The van der Waals surface area contributed by atoms with Gasteiger partial charge in [-0.05, 0) is 48.4 Å². The summed E-state index contributed by atoms with van der Waals surface area (Å²) in [6, 6.07) is 13.0. The van der Waals surface area contributed by atoms with E-state index < -0.39 is 11.9 Å². The molecule has 0 aliphatic carbocycles. The van der Waals surface area contributed by atoms with Gasteiger partial charge in [-0.1, -0.05) is 12.1 Å². The number of hydrogen-bond acceptors (Lipinski definition) is 4. The van der Waals surface area contributed by atoms with Crippen molar-refractivity contribution in [1.29, 1.82) is 0 Å². The van der Waals surface area contributed by atoms with Crippen molar-refractivity contribution in [1.82, 2.24) is 0 Å². The number of carboxylic acids is 1. The van der Waals surface area contributed by atoms with Crippen molar-refractivity contribution in [2.75, 3.05) is 0 Å². The number of esters is 1. The Bertz CT molecular complexity index is 748. The number of benzene rings is 2. The number of ether oxygens (including phenoxy) is 1. The predicted octanol–water partition coefficient (Wildman–Crippen LogP) is 1.83. The summed E-state index contributed by atoms with van der Waals surface area (Å²) in [4.78, 5) is 26.5. The van der Waals surface area contributed by atoms with E-state index in [0.717, 1.165) is 5.56 Å². The van der Waals surface area contributed by atoms with E-state index in [1.54, 1.807) is 48.5 Å². The van der Waals surface area contributed by atoms with Gasteiger partial charge < -0.3 is 21.3 Å². The van der Waals surface area contributed by atoms with Gasteiger partial charge in [0.2, 0.25) is 0 Å². The summed E-state index contributed by atoms with van der Waals surface area (Å²) in [6.07, 6.45) is 0.483. The van der Waals surface area contributed by atoms with Crippen molar-refractivity contribution in [2.24, 2.45) is 16.5 Å². The van der Waals surface area contributed by atoms with E-state index in [1.807, 2.05) is 0 Å². The van der Waals surface area contributed by atoms with Gasteiger partial charge in [0.05, 0.1) is 11.3 Å². The molecule has 0 unspecified atom stereocenters. The molecule has 24 heavy (non-hydrogen) atoms. The lowest BCUT2D eigenvalue weighted by atomic mass is 10.1. The first-order chi connectivity index (χ1) is 11.4. The largest absolute Gasteiger partial charge is 0.481 e. The minimum atomic E-state index is -0.852. The number of carbonyl (C=O) groups excluding carboxylic acids is 1. The van der Waals surface area contributed by atoms with Gasteiger partial charge in [0.25, 0.3) is 0 Å². The molecule has 2 aromatic rings. The van der Waals surface area contributed by atoms with Crippen LogP contribution in [0.2, 0.25) is 0 Å². The van der Waals surface area contributed by atoms with E-state index in [-0.39, 0.29) is 12.4 Å². The molecule has 0 aromatic heterocycles. The molecule has 0 spiro atoms. The normalized spacial score (nSPS) is 10.0. The average molecular weight is 327 g/mol. The van der Waals surface area contributed by atoms with Crippen LogP contribution in [0.25, 0.3) is 0 Å². The molecular formula is C17H17N3O4. The van der Waals surface area contributed by atoms with E-state index in [1.165, 1.54) is 0 Å². The zero-order valence-corrected chi connectivity index (χ0v) is 12.8. The monoisotopic (exact) mass is 327 g/mol. The van der Waals surface area contributed by atoms with Crippen LogP contribution < -0.4 is 16.2 Å². The van der Waals surface area contributed by atoms with Crippen LogP contribution in [0.3, 0.4) is 0 Å². The Kier molecular flexibility index (Phi) is 5.51. The Morgan fingerprint density at radius 1 is 1.00 bits per heavy atom. The number of guanidine groups is 1. The molecule has 0 aliphatic heterocycles. The molecule has 0 fully saturated rings. The molecule has 124 valence electrons. The van der Waals surface area contributed by atoms with E-state index in [0.29, 0.717) is 23.4 Å². The summed E-state index contributed by atoms with van der Waals surface area (Å²) in [5.74, 6) is -1.04. The second-order valence-electron chi connectivity index (χ2n) is 5.01. The first-order valence-corrected chi connectivity index (χ1v) is 7.16. The Morgan fingerprint density at radius 3 is 2.17 bits per heavy atom. The van der Waals surface area contributed by atoms with E-state index >= 15 is 0 Å². The van der Waals surface area contributed by atoms with Crippen molar-refractivity contribution < 1.29 is 19.4 Å². The quantitative estimate of drug-likeness (QED) is 0.321. The molecule has 0 aliphatic rings. The fourth-order valence-corrected chi connectivity index (χ4v) is 1.96. The number of nitrogens with zero attached hydrogens (tertiary/aromatic N) is 1. The second kappa shape index (κ2) is 7.77. The predicted molar refractivity (Wildman–Crippen MR) is 89.3 cm³/mol. The molecule has 0 radical (unpaired) electrons. The summed E-state index contributed by atoms with van der Waals surface area (Å²) in [7, 11) is 0. The highest BCUT2D eigenvalue weighted by molar-refractivity contribution is 5.91. The zero-order chi connectivity index (χ0) is 17.5. The van der Waals surface area contributed by atoms with Crippen molar-refractivity contribution in [3.05, 3.63) is 59.7 Å². The lowest BCUT2D eigenvalue weighted by Gasteiger charge is -2.06. The van der Waals surface area contributed by atoms with Crippen LogP contribution in [0.4, 0.5) is 5.69 Å². The third-order valence-corrected chi connectivity index (χ3v) is 3.12. The Morgan fingerprint density at radius 2 is 1.62 bits per heavy atom. The standard InChI is InChI=1S/C17H17N3O4/c18-17(19)20-13-6-4-12(5-7-13)16(23)24-14-8-1-11(2-9-14)3-10-15(21)22/h1-2,4-9H,3,10H2,(H,21,22)(H4,18,19,20). The molecule has 0 saturated heterocycles. The molecule has 0 atom stereocenters. The molecule has 2 aromatic carbocycles. The van der Waals surface area contributed by atoms with E-state index in [4.69, 9.17) is 21.3 Å². The third kappa shape index (κ3) is 5.13. The van der Waals surface area contributed by atoms with Crippen LogP contribution in [0, 0.1) is 0 Å². The lowest BCUT2D eigenvalue weighted by molar-refractivity contribution is -0.136. The smallest absolute Gasteiger partial charge is 0.343 e. The first kappa shape index (κ1) is 17.0. The molecule has 0 saturated carbocycles.